The number of carbonyl (C=O) groups is 1. The maximum atomic E-state index is 11.7. The predicted molar refractivity (Wildman–Crippen MR) is 112 cm³/mol. The van der Waals surface area contributed by atoms with Crippen LogP contribution in [0.2, 0.25) is 10.0 Å². The average Bonchev–Trinajstić information content (AvgIpc) is 2.62. The normalized spacial score (nSPS) is 12.1. The third-order valence-electron chi connectivity index (χ3n) is 4.17. The first kappa shape index (κ1) is 22.3. The first-order valence-electron chi connectivity index (χ1n) is 9.04. The van der Waals surface area contributed by atoms with Gasteiger partial charge in [-0.1, -0.05) is 49.2 Å². The fraction of sp³-hybridized carbons (Fsp3) is 0.381. The summed E-state index contributed by atoms with van der Waals surface area (Å²) in [6.45, 7) is 5.57. The molecule has 1 amide bonds. The topological polar surface area (TPSA) is 78.8 Å². The Bertz CT molecular complexity index is 814. The lowest BCUT2D eigenvalue weighted by molar-refractivity contribution is -0.123. The van der Waals surface area contributed by atoms with E-state index >= 15 is 0 Å². The number of aliphatic hydroxyl groups is 1. The van der Waals surface area contributed by atoms with Crippen molar-refractivity contribution in [3.63, 3.8) is 0 Å². The molecule has 2 aromatic carbocycles. The Morgan fingerprint density at radius 1 is 1.14 bits per heavy atom. The molecule has 2 aromatic rings. The van der Waals surface area contributed by atoms with Gasteiger partial charge in [0.2, 0.25) is 0 Å². The van der Waals surface area contributed by atoms with Crippen molar-refractivity contribution in [2.45, 2.75) is 39.2 Å². The molecule has 0 aliphatic carbocycles. The van der Waals surface area contributed by atoms with Crippen molar-refractivity contribution in [3.05, 3.63) is 57.1 Å². The second-order valence-electron chi connectivity index (χ2n) is 7.03. The summed E-state index contributed by atoms with van der Waals surface area (Å²) in [5.41, 5.74) is 2.60. The Labute approximate surface area is 175 Å². The van der Waals surface area contributed by atoms with Crippen molar-refractivity contribution in [1.82, 2.24) is 5.32 Å². The maximum absolute atomic E-state index is 11.7. The second kappa shape index (κ2) is 10.0. The zero-order valence-electron chi connectivity index (χ0n) is 16.1. The number of aliphatic hydroxyl groups excluding tert-OH is 1. The van der Waals surface area contributed by atoms with Gasteiger partial charge < -0.3 is 20.3 Å². The van der Waals surface area contributed by atoms with Crippen molar-refractivity contribution >= 4 is 29.1 Å². The van der Waals surface area contributed by atoms with Crippen LogP contribution in [0.5, 0.6) is 11.5 Å². The van der Waals surface area contributed by atoms with Crippen molar-refractivity contribution in [2.24, 2.45) is 0 Å². The first-order valence-corrected chi connectivity index (χ1v) is 9.80. The summed E-state index contributed by atoms with van der Waals surface area (Å²) in [5.74, 6) is 0.511. The molecule has 0 heterocycles. The molecule has 0 fully saturated rings. The SMILES string of the molecule is CC(C)c1cc(Cc2c(Cl)cc(OCC(=O)NC[C@H](C)O)cc2Cl)ccc1O. The minimum Gasteiger partial charge on any atom is -0.508 e. The van der Waals surface area contributed by atoms with Gasteiger partial charge in [-0.15, -0.1) is 0 Å². The zero-order chi connectivity index (χ0) is 20.8. The number of hydrogen-bond acceptors (Lipinski definition) is 4. The lowest BCUT2D eigenvalue weighted by Gasteiger charge is -2.14. The summed E-state index contributed by atoms with van der Waals surface area (Å²) in [6, 6.07) is 8.70. The summed E-state index contributed by atoms with van der Waals surface area (Å²) < 4.78 is 5.44. The van der Waals surface area contributed by atoms with Gasteiger partial charge in [0.25, 0.3) is 5.91 Å². The number of aromatic hydroxyl groups is 1. The lowest BCUT2D eigenvalue weighted by Crippen LogP contribution is -2.34. The Morgan fingerprint density at radius 2 is 1.79 bits per heavy atom. The summed E-state index contributed by atoms with van der Waals surface area (Å²) in [5, 5.41) is 22.6. The Hall–Kier alpha value is -1.95. The molecule has 0 spiro atoms. The second-order valence-corrected chi connectivity index (χ2v) is 7.85. The number of halogens is 2. The molecule has 1 atom stereocenters. The highest BCUT2D eigenvalue weighted by atomic mass is 35.5. The number of phenols is 1. The fourth-order valence-corrected chi connectivity index (χ4v) is 3.27. The quantitative estimate of drug-likeness (QED) is 0.589. The van der Waals surface area contributed by atoms with Crippen LogP contribution in [0.4, 0.5) is 0 Å². The van der Waals surface area contributed by atoms with Crippen LogP contribution in [-0.2, 0) is 11.2 Å². The number of amides is 1. The molecule has 0 radical (unpaired) electrons. The van der Waals surface area contributed by atoms with Crippen LogP contribution < -0.4 is 10.1 Å². The number of benzene rings is 2. The number of hydrogen-bond donors (Lipinski definition) is 3. The van der Waals surface area contributed by atoms with E-state index in [1.165, 1.54) is 0 Å². The highest BCUT2D eigenvalue weighted by Crippen LogP contribution is 2.33. The van der Waals surface area contributed by atoms with E-state index in [1.54, 1.807) is 25.1 Å². The highest BCUT2D eigenvalue weighted by Gasteiger charge is 2.13. The van der Waals surface area contributed by atoms with E-state index in [2.05, 4.69) is 5.32 Å². The van der Waals surface area contributed by atoms with Gasteiger partial charge in [0.15, 0.2) is 6.61 Å². The van der Waals surface area contributed by atoms with E-state index in [9.17, 15) is 9.90 Å². The summed E-state index contributed by atoms with van der Waals surface area (Å²) >= 11 is 12.8. The number of ether oxygens (including phenoxy) is 1. The third kappa shape index (κ3) is 6.30. The minimum absolute atomic E-state index is 0.160. The number of phenolic OH excluding ortho intramolecular Hbond substituents is 1. The zero-order valence-corrected chi connectivity index (χ0v) is 17.6. The van der Waals surface area contributed by atoms with E-state index in [0.717, 1.165) is 16.7 Å². The largest absolute Gasteiger partial charge is 0.508 e. The molecule has 0 aromatic heterocycles. The van der Waals surface area contributed by atoms with Crippen molar-refractivity contribution in [2.75, 3.05) is 13.2 Å². The van der Waals surface area contributed by atoms with Gasteiger partial charge in [0.05, 0.1) is 6.10 Å². The first-order chi connectivity index (χ1) is 13.2. The fourth-order valence-electron chi connectivity index (χ4n) is 2.67. The van der Waals surface area contributed by atoms with E-state index in [1.807, 2.05) is 26.0 Å². The molecule has 7 heteroatoms. The van der Waals surface area contributed by atoms with Crippen LogP contribution in [-0.4, -0.2) is 35.4 Å². The van der Waals surface area contributed by atoms with Crippen LogP contribution in [0.1, 0.15) is 43.4 Å². The molecule has 5 nitrogen and oxygen atoms in total. The highest BCUT2D eigenvalue weighted by molar-refractivity contribution is 6.36. The molecular formula is C21H25Cl2NO4. The molecular weight excluding hydrogens is 401 g/mol. The van der Waals surface area contributed by atoms with E-state index in [0.29, 0.717) is 22.2 Å². The summed E-state index contributed by atoms with van der Waals surface area (Å²) in [7, 11) is 0. The molecule has 0 aliphatic rings. The van der Waals surface area contributed by atoms with E-state index in [4.69, 9.17) is 33.0 Å². The van der Waals surface area contributed by atoms with E-state index in [-0.39, 0.29) is 30.7 Å². The van der Waals surface area contributed by atoms with Crippen LogP contribution in [0, 0.1) is 0 Å². The molecule has 0 unspecified atom stereocenters. The molecule has 2 rings (SSSR count). The van der Waals surface area contributed by atoms with Gasteiger partial charge in [0, 0.05) is 23.0 Å². The number of rotatable bonds is 8. The standard InChI is InChI=1S/C21H25Cl2NO4/c1-12(2)16-6-14(4-5-20(16)26)7-17-18(22)8-15(9-19(17)23)28-11-21(27)24-10-13(3)25/h4-6,8-9,12-13,25-26H,7,10-11H2,1-3H3,(H,24,27)/t13-/m0/s1. The van der Waals surface area contributed by atoms with Gasteiger partial charge in [0.1, 0.15) is 11.5 Å². The average molecular weight is 426 g/mol. The molecule has 0 bridgehead atoms. The minimum atomic E-state index is -0.622. The van der Waals surface area contributed by atoms with Crippen LogP contribution in [0.3, 0.4) is 0 Å². The van der Waals surface area contributed by atoms with Gasteiger partial charge in [-0.25, -0.2) is 0 Å². The Balaban J connectivity index is 2.10. The number of nitrogens with one attached hydrogen (secondary N) is 1. The monoisotopic (exact) mass is 425 g/mol. The lowest BCUT2D eigenvalue weighted by atomic mass is 9.96. The predicted octanol–water partition coefficient (Wildman–Crippen LogP) is 4.29. The van der Waals surface area contributed by atoms with Gasteiger partial charge in [-0.05, 0) is 47.7 Å². The summed E-state index contributed by atoms with van der Waals surface area (Å²) in [4.78, 5) is 11.7. The molecule has 0 saturated carbocycles. The molecule has 0 saturated heterocycles. The van der Waals surface area contributed by atoms with Crippen LogP contribution in [0.15, 0.2) is 30.3 Å². The maximum Gasteiger partial charge on any atom is 0.258 e. The Kier molecular flexibility index (Phi) is 7.98. The van der Waals surface area contributed by atoms with E-state index < -0.39 is 6.10 Å². The van der Waals surface area contributed by atoms with Crippen molar-refractivity contribution in [1.29, 1.82) is 0 Å². The smallest absolute Gasteiger partial charge is 0.258 e. The molecule has 152 valence electrons. The van der Waals surface area contributed by atoms with Crippen LogP contribution >= 0.6 is 23.2 Å². The van der Waals surface area contributed by atoms with Crippen molar-refractivity contribution < 1.29 is 19.7 Å². The van der Waals surface area contributed by atoms with Gasteiger partial charge in [-0.2, -0.15) is 0 Å². The summed E-state index contributed by atoms with van der Waals surface area (Å²) in [6.07, 6.45) is -0.115. The molecule has 28 heavy (non-hydrogen) atoms. The van der Waals surface area contributed by atoms with Gasteiger partial charge >= 0.3 is 0 Å². The van der Waals surface area contributed by atoms with Gasteiger partial charge in [-0.3, -0.25) is 4.79 Å². The Morgan fingerprint density at radius 3 is 2.36 bits per heavy atom. The molecule has 3 N–H and O–H groups in total. The third-order valence-corrected chi connectivity index (χ3v) is 4.85. The number of carbonyl (C=O) groups excluding carboxylic acids is 1. The van der Waals surface area contributed by atoms with Crippen molar-refractivity contribution in [3.8, 4) is 11.5 Å². The molecule has 0 aliphatic heterocycles. The van der Waals surface area contributed by atoms with Crippen LogP contribution in [0.25, 0.3) is 0 Å².